The van der Waals surface area contributed by atoms with E-state index in [1.807, 2.05) is 0 Å². The third kappa shape index (κ3) is 31.6. The molecule has 0 aliphatic heterocycles. The van der Waals surface area contributed by atoms with Crippen molar-refractivity contribution in [3.05, 3.63) is 0 Å². The number of unbranched alkanes of at least 4 members (excludes halogenated alkanes) is 18. The van der Waals surface area contributed by atoms with Crippen LogP contribution in [0.15, 0.2) is 0 Å². The highest BCUT2D eigenvalue weighted by Gasteiger charge is 2.18. The Balaban J connectivity index is 4.05. The van der Waals surface area contributed by atoms with E-state index >= 15 is 0 Å². The SMILES string of the molecule is CCCCCCCCCCCC(=O)OC(CCCCCC)CCCCCCCCCCC(=O)OC(COC(C)=O)COC(C)=O. The highest BCUT2D eigenvalue weighted by atomic mass is 16.6. The normalized spacial score (nSPS) is 11.8. The van der Waals surface area contributed by atoms with Crippen molar-refractivity contribution < 1.29 is 38.1 Å². The van der Waals surface area contributed by atoms with Crippen LogP contribution in [0, 0.1) is 0 Å². The molecular weight excluding hydrogens is 572 g/mol. The van der Waals surface area contributed by atoms with E-state index < -0.39 is 18.0 Å². The fourth-order valence-electron chi connectivity index (χ4n) is 5.37. The average molecular weight is 641 g/mol. The van der Waals surface area contributed by atoms with Crippen LogP contribution in [0.5, 0.6) is 0 Å². The molecule has 0 heterocycles. The Hall–Kier alpha value is -2.12. The molecule has 0 saturated heterocycles. The second kappa shape index (κ2) is 31.8. The van der Waals surface area contributed by atoms with Gasteiger partial charge in [0.15, 0.2) is 6.10 Å². The number of rotatable bonds is 32. The minimum absolute atomic E-state index is 0.00775. The third-order valence-electron chi connectivity index (χ3n) is 8.06. The van der Waals surface area contributed by atoms with Crippen molar-refractivity contribution in [2.24, 2.45) is 0 Å². The average Bonchev–Trinajstić information content (AvgIpc) is 3.00. The summed E-state index contributed by atoms with van der Waals surface area (Å²) in [6.45, 7) is 6.75. The lowest BCUT2D eigenvalue weighted by Crippen LogP contribution is -2.30. The topological polar surface area (TPSA) is 105 Å². The molecule has 0 aliphatic carbocycles. The highest BCUT2D eigenvalue weighted by molar-refractivity contribution is 5.70. The molecule has 0 saturated carbocycles. The standard InChI is InChI=1S/C37H68O8/c1-5-7-9-11-12-13-17-20-24-28-36(40)44-34(26-22-10-8-6-2)27-23-19-16-14-15-18-21-25-29-37(41)45-35(30-42-32(3)38)31-43-33(4)39/h34-35H,5-31H2,1-4H3. The lowest BCUT2D eigenvalue weighted by Gasteiger charge is -2.18. The minimum atomic E-state index is -0.788. The number of hydrogen-bond donors (Lipinski definition) is 0. The van der Waals surface area contributed by atoms with E-state index in [1.54, 1.807) is 0 Å². The fourth-order valence-corrected chi connectivity index (χ4v) is 5.37. The lowest BCUT2D eigenvalue weighted by molar-refractivity contribution is -0.165. The molecule has 0 aliphatic rings. The van der Waals surface area contributed by atoms with Crippen molar-refractivity contribution in [2.45, 2.75) is 200 Å². The maximum atomic E-state index is 12.5. The molecule has 1 unspecified atom stereocenters. The van der Waals surface area contributed by atoms with Gasteiger partial charge in [-0.25, -0.2) is 0 Å². The highest BCUT2D eigenvalue weighted by Crippen LogP contribution is 2.18. The molecule has 8 heteroatoms. The van der Waals surface area contributed by atoms with Crippen LogP contribution in [0.25, 0.3) is 0 Å². The van der Waals surface area contributed by atoms with Crippen molar-refractivity contribution >= 4 is 23.9 Å². The zero-order valence-corrected chi connectivity index (χ0v) is 29.5. The zero-order chi connectivity index (χ0) is 33.4. The van der Waals surface area contributed by atoms with Crippen molar-refractivity contribution in [3.8, 4) is 0 Å². The molecule has 0 rings (SSSR count). The summed E-state index contributed by atoms with van der Waals surface area (Å²) in [7, 11) is 0. The fraction of sp³-hybridized carbons (Fsp3) is 0.892. The molecule has 1 atom stereocenters. The van der Waals surface area contributed by atoms with Gasteiger partial charge < -0.3 is 18.9 Å². The molecular formula is C37H68O8. The van der Waals surface area contributed by atoms with Gasteiger partial charge in [0.1, 0.15) is 19.3 Å². The lowest BCUT2D eigenvalue weighted by atomic mass is 10.0. The van der Waals surface area contributed by atoms with Gasteiger partial charge in [0.05, 0.1) is 0 Å². The minimum Gasteiger partial charge on any atom is -0.462 e. The largest absolute Gasteiger partial charge is 0.462 e. The Bertz CT molecular complexity index is 720. The molecule has 264 valence electrons. The van der Waals surface area contributed by atoms with E-state index in [0.717, 1.165) is 77.0 Å². The monoisotopic (exact) mass is 640 g/mol. The molecule has 0 amide bonds. The van der Waals surface area contributed by atoms with E-state index in [-0.39, 0.29) is 37.7 Å². The van der Waals surface area contributed by atoms with E-state index in [2.05, 4.69) is 13.8 Å². The number of hydrogen-bond acceptors (Lipinski definition) is 8. The van der Waals surface area contributed by atoms with Gasteiger partial charge in [-0.15, -0.1) is 0 Å². The van der Waals surface area contributed by atoms with Crippen LogP contribution in [0.2, 0.25) is 0 Å². The first-order valence-corrected chi connectivity index (χ1v) is 18.4. The summed E-state index contributed by atoms with van der Waals surface area (Å²) in [4.78, 5) is 46.8. The van der Waals surface area contributed by atoms with Gasteiger partial charge in [0.2, 0.25) is 0 Å². The summed E-state index contributed by atoms with van der Waals surface area (Å²) >= 11 is 0. The molecule has 45 heavy (non-hydrogen) atoms. The van der Waals surface area contributed by atoms with Crippen LogP contribution in [-0.2, 0) is 38.1 Å². The number of carbonyl (C=O) groups is 4. The van der Waals surface area contributed by atoms with Crippen molar-refractivity contribution in [2.75, 3.05) is 13.2 Å². The van der Waals surface area contributed by atoms with Crippen LogP contribution in [0.3, 0.4) is 0 Å². The molecule has 0 radical (unpaired) electrons. The van der Waals surface area contributed by atoms with Crippen LogP contribution >= 0.6 is 0 Å². The third-order valence-corrected chi connectivity index (χ3v) is 8.06. The second-order valence-corrected chi connectivity index (χ2v) is 12.6. The quantitative estimate of drug-likeness (QED) is 0.0406. The van der Waals surface area contributed by atoms with Crippen LogP contribution in [0.4, 0.5) is 0 Å². The number of carbonyl (C=O) groups excluding carboxylic acids is 4. The van der Waals surface area contributed by atoms with Gasteiger partial charge in [-0.05, 0) is 38.5 Å². The predicted molar refractivity (Wildman–Crippen MR) is 180 cm³/mol. The number of esters is 4. The molecule has 0 N–H and O–H groups in total. The van der Waals surface area contributed by atoms with Gasteiger partial charge in [0.25, 0.3) is 0 Å². The maximum Gasteiger partial charge on any atom is 0.306 e. The molecule has 0 aromatic heterocycles. The van der Waals surface area contributed by atoms with Gasteiger partial charge in [0, 0.05) is 26.7 Å². The van der Waals surface area contributed by atoms with Crippen molar-refractivity contribution in [1.82, 2.24) is 0 Å². The van der Waals surface area contributed by atoms with E-state index in [1.165, 1.54) is 84.5 Å². The predicted octanol–water partition coefficient (Wildman–Crippen LogP) is 9.73. The van der Waals surface area contributed by atoms with E-state index in [4.69, 9.17) is 18.9 Å². The van der Waals surface area contributed by atoms with Gasteiger partial charge >= 0.3 is 23.9 Å². The van der Waals surface area contributed by atoms with Crippen molar-refractivity contribution in [3.63, 3.8) is 0 Å². The zero-order valence-electron chi connectivity index (χ0n) is 29.5. The second-order valence-electron chi connectivity index (χ2n) is 12.6. The van der Waals surface area contributed by atoms with Crippen LogP contribution < -0.4 is 0 Å². The summed E-state index contributed by atoms with van der Waals surface area (Å²) in [6, 6.07) is 0. The van der Waals surface area contributed by atoms with Crippen molar-refractivity contribution in [1.29, 1.82) is 0 Å². The Labute approximate surface area is 275 Å². The first-order chi connectivity index (χ1) is 21.8. The molecule has 8 nitrogen and oxygen atoms in total. The Morgan fingerprint density at radius 2 is 0.733 bits per heavy atom. The molecule has 0 bridgehead atoms. The van der Waals surface area contributed by atoms with Crippen LogP contribution in [-0.4, -0.2) is 49.3 Å². The first-order valence-electron chi connectivity index (χ1n) is 18.4. The first kappa shape index (κ1) is 42.9. The smallest absolute Gasteiger partial charge is 0.306 e. The summed E-state index contributed by atoms with van der Waals surface area (Å²) in [5.41, 5.74) is 0. The Morgan fingerprint density at radius 3 is 1.11 bits per heavy atom. The summed E-state index contributed by atoms with van der Waals surface area (Å²) in [6.07, 6.45) is 26.6. The molecule has 0 fully saturated rings. The maximum absolute atomic E-state index is 12.5. The Kier molecular flexibility index (Phi) is 30.3. The summed E-state index contributed by atoms with van der Waals surface area (Å²) in [5, 5.41) is 0. The summed E-state index contributed by atoms with van der Waals surface area (Å²) < 4.78 is 21.1. The number of ether oxygens (including phenoxy) is 4. The van der Waals surface area contributed by atoms with Gasteiger partial charge in [-0.3, -0.25) is 19.2 Å². The van der Waals surface area contributed by atoms with Crippen LogP contribution in [0.1, 0.15) is 188 Å². The Morgan fingerprint density at radius 1 is 0.422 bits per heavy atom. The van der Waals surface area contributed by atoms with E-state index in [9.17, 15) is 19.2 Å². The summed E-state index contributed by atoms with van der Waals surface area (Å²) in [5.74, 6) is -1.35. The van der Waals surface area contributed by atoms with Gasteiger partial charge in [-0.1, -0.05) is 123 Å². The molecule has 0 spiro atoms. The van der Waals surface area contributed by atoms with Gasteiger partial charge in [-0.2, -0.15) is 0 Å². The van der Waals surface area contributed by atoms with E-state index in [0.29, 0.717) is 6.42 Å². The molecule has 0 aromatic carbocycles. The molecule has 0 aromatic rings.